The van der Waals surface area contributed by atoms with Crippen LogP contribution >= 0.6 is 0 Å². The third-order valence-electron chi connectivity index (χ3n) is 6.76. The summed E-state index contributed by atoms with van der Waals surface area (Å²) in [5, 5.41) is 20.6. The van der Waals surface area contributed by atoms with Crippen LogP contribution in [0.1, 0.15) is 33.5 Å². The number of ether oxygens (including phenoxy) is 1. The summed E-state index contributed by atoms with van der Waals surface area (Å²) in [6, 6.07) is 16.8. The van der Waals surface area contributed by atoms with Crippen LogP contribution in [-0.4, -0.2) is 74.9 Å². The first kappa shape index (κ1) is 32.6. The maximum Gasteiger partial charge on any atom is 0.317 e. The number of carbonyl (C=O) groups is 4. The lowest BCUT2D eigenvalue weighted by atomic mass is 10.0. The van der Waals surface area contributed by atoms with E-state index in [2.05, 4.69) is 15.3 Å². The Kier molecular flexibility index (Phi) is 11.1. The smallest absolute Gasteiger partial charge is 0.317 e. The van der Waals surface area contributed by atoms with E-state index in [4.69, 9.17) is 14.9 Å². The second kappa shape index (κ2) is 15.4. The van der Waals surface area contributed by atoms with Crippen molar-refractivity contribution < 1.29 is 38.5 Å². The number of ketones is 1. The maximum absolute atomic E-state index is 14.0. The normalized spacial score (nSPS) is 10.9. The Morgan fingerprint density at radius 3 is 2.38 bits per heavy atom. The quantitative estimate of drug-likeness (QED) is 0.135. The Hall–Kier alpha value is -5.36. The number of carboxylic acid groups (broad SMARTS) is 2. The number of carboxylic acids is 2. The van der Waals surface area contributed by atoms with Gasteiger partial charge in [-0.2, -0.15) is 0 Å². The van der Waals surface area contributed by atoms with Crippen molar-refractivity contribution in [3.05, 3.63) is 101 Å². The summed E-state index contributed by atoms with van der Waals surface area (Å²) in [4.78, 5) is 55.6. The van der Waals surface area contributed by atoms with Crippen molar-refractivity contribution in [2.75, 3.05) is 26.2 Å². The molecule has 0 radical (unpaired) electrons. The van der Waals surface area contributed by atoms with Crippen molar-refractivity contribution in [1.82, 2.24) is 20.2 Å². The molecule has 234 valence electrons. The zero-order valence-corrected chi connectivity index (χ0v) is 24.6. The minimum Gasteiger partial charge on any atom is -0.480 e. The van der Waals surface area contributed by atoms with Gasteiger partial charge in [-0.05, 0) is 54.8 Å². The Morgan fingerprint density at radius 2 is 1.67 bits per heavy atom. The number of hydrogen-bond donors (Lipinski definition) is 4. The van der Waals surface area contributed by atoms with Gasteiger partial charge in [-0.25, -0.2) is 4.39 Å². The molecule has 0 unspecified atom stereocenters. The van der Waals surface area contributed by atoms with Crippen molar-refractivity contribution in [2.45, 2.75) is 26.2 Å². The van der Waals surface area contributed by atoms with Crippen LogP contribution in [0.3, 0.4) is 0 Å². The topological polar surface area (TPSA) is 162 Å². The highest BCUT2D eigenvalue weighted by Gasteiger charge is 2.15. The number of aromatic amines is 1. The van der Waals surface area contributed by atoms with E-state index in [9.17, 15) is 23.6 Å². The highest BCUT2D eigenvalue weighted by molar-refractivity contribution is 5.95. The van der Waals surface area contributed by atoms with E-state index in [1.165, 1.54) is 17.2 Å². The summed E-state index contributed by atoms with van der Waals surface area (Å²) in [5.74, 6) is -2.03. The Morgan fingerprint density at radius 1 is 0.933 bits per heavy atom. The zero-order valence-electron chi connectivity index (χ0n) is 24.6. The predicted octanol–water partition coefficient (Wildman–Crippen LogP) is 4.26. The number of nitrogens with one attached hydrogen (secondary N) is 2. The van der Waals surface area contributed by atoms with E-state index >= 15 is 0 Å². The van der Waals surface area contributed by atoms with E-state index < -0.39 is 25.0 Å². The van der Waals surface area contributed by atoms with Crippen LogP contribution in [-0.2, 0) is 27.2 Å². The first-order valence-corrected chi connectivity index (χ1v) is 14.2. The average Bonchev–Trinajstić information content (AvgIpc) is 3.48. The number of amides is 1. The van der Waals surface area contributed by atoms with Gasteiger partial charge in [-0.15, -0.1) is 0 Å². The molecule has 1 amide bonds. The van der Waals surface area contributed by atoms with Crippen LogP contribution in [0.25, 0.3) is 11.4 Å². The summed E-state index contributed by atoms with van der Waals surface area (Å²) in [6.07, 6.45) is 3.67. The first-order chi connectivity index (χ1) is 21.5. The minimum atomic E-state index is -1.13. The molecule has 0 saturated heterocycles. The second-order valence-corrected chi connectivity index (χ2v) is 10.5. The molecule has 45 heavy (non-hydrogen) atoms. The number of halogens is 1. The van der Waals surface area contributed by atoms with E-state index in [-0.39, 0.29) is 43.4 Å². The standard InChI is InChI=1S/C33H33FN4O7/c1-21-3-8-28(34)23(13-21)15-25(39)14-22-4-6-26(7-5-22)45-27-9-11-35-30(17-27)29-16-24(18-37-29)33(44)36-10-2-12-38(19-31(40)41)20-32(42)43/h3-9,11,13,16-18,37H,2,10,12,14-15,19-20H2,1H3,(H,36,44)(H,40,41)(H,42,43). The lowest BCUT2D eigenvalue weighted by Crippen LogP contribution is -2.36. The SMILES string of the molecule is Cc1ccc(F)c(CC(=O)Cc2ccc(Oc3ccnc(-c4cc(C(=O)NCCCN(CC(=O)O)CC(=O)O)c[nH]4)c3)cc2)c1. The number of hydrogen-bond acceptors (Lipinski definition) is 7. The molecule has 2 aromatic carbocycles. The molecular formula is C33H33FN4O7. The third kappa shape index (κ3) is 10.1. The minimum absolute atomic E-state index is 0.0234. The zero-order chi connectivity index (χ0) is 32.3. The van der Waals surface area contributed by atoms with Gasteiger partial charge in [0.1, 0.15) is 23.1 Å². The predicted molar refractivity (Wildman–Crippen MR) is 163 cm³/mol. The van der Waals surface area contributed by atoms with Crippen LogP contribution in [0.15, 0.2) is 73.1 Å². The highest BCUT2D eigenvalue weighted by Crippen LogP contribution is 2.26. The van der Waals surface area contributed by atoms with Crippen LogP contribution < -0.4 is 10.1 Å². The molecule has 0 bridgehead atoms. The molecule has 0 aliphatic carbocycles. The fourth-order valence-electron chi connectivity index (χ4n) is 4.65. The molecule has 0 spiro atoms. The van der Waals surface area contributed by atoms with Crippen molar-refractivity contribution in [3.63, 3.8) is 0 Å². The number of benzene rings is 2. The van der Waals surface area contributed by atoms with Crippen molar-refractivity contribution >= 4 is 23.6 Å². The van der Waals surface area contributed by atoms with Gasteiger partial charge in [0.05, 0.1) is 30.0 Å². The molecule has 0 aliphatic rings. The number of Topliss-reactive ketones (excluding diaryl/α,β-unsaturated/α-hetero) is 1. The largest absolute Gasteiger partial charge is 0.480 e. The van der Waals surface area contributed by atoms with E-state index in [0.29, 0.717) is 40.4 Å². The number of aryl methyl sites for hydroxylation is 1. The second-order valence-electron chi connectivity index (χ2n) is 10.5. The molecule has 4 aromatic rings. The lowest BCUT2D eigenvalue weighted by Gasteiger charge is -2.17. The number of pyridine rings is 1. The van der Waals surface area contributed by atoms with Gasteiger partial charge in [0.15, 0.2) is 0 Å². The molecule has 0 saturated carbocycles. The van der Waals surface area contributed by atoms with Gasteiger partial charge >= 0.3 is 11.9 Å². The molecule has 2 heterocycles. The number of aliphatic carboxylic acids is 2. The Balaban J connectivity index is 1.28. The Labute approximate surface area is 258 Å². The number of nitrogens with zero attached hydrogens (tertiary/aromatic N) is 2. The van der Waals surface area contributed by atoms with Crippen LogP contribution in [0.4, 0.5) is 4.39 Å². The summed E-state index contributed by atoms with van der Waals surface area (Å²) < 4.78 is 20.0. The van der Waals surface area contributed by atoms with Crippen molar-refractivity contribution in [2.24, 2.45) is 0 Å². The molecule has 0 atom stereocenters. The first-order valence-electron chi connectivity index (χ1n) is 14.2. The maximum atomic E-state index is 14.0. The van der Waals surface area contributed by atoms with E-state index in [1.807, 2.05) is 6.92 Å². The molecule has 0 fully saturated rings. The van der Waals surface area contributed by atoms with Gasteiger partial charge in [-0.3, -0.25) is 29.1 Å². The Bertz CT molecular complexity index is 1650. The number of carbonyl (C=O) groups excluding carboxylic acids is 2. The summed E-state index contributed by atoms with van der Waals surface area (Å²) in [6.45, 7) is 1.48. The average molecular weight is 617 g/mol. The molecule has 2 aromatic heterocycles. The van der Waals surface area contributed by atoms with Gasteiger partial charge in [0.25, 0.3) is 5.91 Å². The van der Waals surface area contributed by atoms with Crippen molar-refractivity contribution in [1.29, 1.82) is 0 Å². The highest BCUT2D eigenvalue weighted by atomic mass is 19.1. The van der Waals surface area contributed by atoms with E-state index in [1.54, 1.807) is 60.8 Å². The summed E-state index contributed by atoms with van der Waals surface area (Å²) in [5.41, 5.74) is 3.55. The monoisotopic (exact) mass is 616 g/mol. The van der Waals surface area contributed by atoms with E-state index in [0.717, 1.165) is 11.1 Å². The van der Waals surface area contributed by atoms with Gasteiger partial charge in [0, 0.05) is 44.4 Å². The van der Waals surface area contributed by atoms with Crippen molar-refractivity contribution in [3.8, 4) is 22.9 Å². The van der Waals surface area contributed by atoms with Gasteiger partial charge < -0.3 is 25.3 Å². The fraction of sp³-hybridized carbons (Fsp3) is 0.242. The lowest BCUT2D eigenvalue weighted by molar-refractivity contribution is -0.141. The molecule has 4 N–H and O–H groups in total. The van der Waals surface area contributed by atoms with Gasteiger partial charge in [-0.1, -0.05) is 29.8 Å². The van der Waals surface area contributed by atoms with Crippen LogP contribution in [0.2, 0.25) is 0 Å². The summed E-state index contributed by atoms with van der Waals surface area (Å²) in [7, 11) is 0. The number of rotatable bonds is 16. The fourth-order valence-corrected chi connectivity index (χ4v) is 4.65. The van der Waals surface area contributed by atoms with Crippen LogP contribution in [0, 0.1) is 12.7 Å². The third-order valence-corrected chi connectivity index (χ3v) is 6.76. The van der Waals surface area contributed by atoms with Gasteiger partial charge in [0.2, 0.25) is 0 Å². The summed E-state index contributed by atoms with van der Waals surface area (Å²) >= 11 is 0. The number of aromatic nitrogens is 2. The molecule has 11 nitrogen and oxygen atoms in total. The molecule has 12 heteroatoms. The van der Waals surface area contributed by atoms with Crippen LogP contribution in [0.5, 0.6) is 11.5 Å². The molecule has 4 rings (SSSR count). The number of H-pyrrole nitrogens is 1. The molecular weight excluding hydrogens is 583 g/mol. The molecule has 0 aliphatic heterocycles.